The lowest BCUT2D eigenvalue weighted by Crippen LogP contribution is -2.41. The van der Waals surface area contributed by atoms with Gasteiger partial charge in [0.05, 0.1) is 0 Å². The van der Waals surface area contributed by atoms with Crippen molar-refractivity contribution < 1.29 is 36.3 Å². The van der Waals surface area contributed by atoms with E-state index in [9.17, 15) is 31.5 Å². The summed E-state index contributed by atoms with van der Waals surface area (Å²) in [5.41, 5.74) is 0. The normalized spacial score (nSPS) is 12.4. The van der Waals surface area contributed by atoms with Crippen molar-refractivity contribution in [2.24, 2.45) is 0 Å². The first-order valence-corrected chi connectivity index (χ1v) is 3.22. The van der Waals surface area contributed by atoms with Gasteiger partial charge in [0.25, 0.3) is 0 Å². The molecule has 0 unspecified atom stereocenters. The van der Waals surface area contributed by atoms with Crippen molar-refractivity contribution in [3.63, 3.8) is 0 Å². The number of hydrogen-bond donors (Lipinski definition) is 0. The minimum atomic E-state index is -5.97. The predicted octanol–water partition coefficient (Wildman–Crippen LogP) is 1.66. The first kappa shape index (κ1) is 12.8. The predicted molar refractivity (Wildman–Crippen MR) is 32.4 cm³/mol. The second kappa shape index (κ2) is 3.89. The number of ether oxygens (including phenoxy) is 1. The molecule has 0 aliphatic heterocycles. The molecular formula is C6H5F5O3. The van der Waals surface area contributed by atoms with E-state index in [0.29, 0.717) is 0 Å². The van der Waals surface area contributed by atoms with Gasteiger partial charge in [0, 0.05) is 0 Å². The molecule has 0 rings (SSSR count). The molecule has 0 atom stereocenters. The highest BCUT2D eigenvalue weighted by Gasteiger charge is 2.62. The number of carbonyl (C=O) groups is 2. The molecule has 3 nitrogen and oxygen atoms in total. The second-order valence-electron chi connectivity index (χ2n) is 2.37. The number of esters is 1. The summed E-state index contributed by atoms with van der Waals surface area (Å²) in [7, 11) is 0. The molecule has 14 heavy (non-hydrogen) atoms. The molecule has 0 aliphatic carbocycles. The van der Waals surface area contributed by atoms with Crippen LogP contribution < -0.4 is 0 Å². The summed E-state index contributed by atoms with van der Waals surface area (Å²) >= 11 is 0. The SMILES string of the molecule is CC(=O)CC(=O)OC(F)(F)C(F)(F)F. The zero-order valence-corrected chi connectivity index (χ0v) is 6.82. The third-order valence-corrected chi connectivity index (χ3v) is 0.965. The molecule has 0 amide bonds. The van der Waals surface area contributed by atoms with Crippen molar-refractivity contribution in [2.75, 3.05) is 0 Å². The van der Waals surface area contributed by atoms with Gasteiger partial charge in [-0.15, -0.1) is 0 Å². The Morgan fingerprint density at radius 1 is 1.14 bits per heavy atom. The van der Waals surface area contributed by atoms with Crippen LogP contribution in [0, 0.1) is 0 Å². The molecule has 0 aromatic carbocycles. The molecule has 82 valence electrons. The van der Waals surface area contributed by atoms with Gasteiger partial charge in [0.15, 0.2) is 0 Å². The maximum Gasteiger partial charge on any atom is 0.501 e. The highest BCUT2D eigenvalue weighted by atomic mass is 19.4. The van der Waals surface area contributed by atoms with Crippen molar-refractivity contribution in [3.05, 3.63) is 0 Å². The summed E-state index contributed by atoms with van der Waals surface area (Å²) in [6, 6.07) is 0. The Morgan fingerprint density at radius 3 is 1.86 bits per heavy atom. The van der Waals surface area contributed by atoms with E-state index in [1.807, 2.05) is 0 Å². The molecule has 0 saturated carbocycles. The third-order valence-electron chi connectivity index (χ3n) is 0.965. The maximum absolute atomic E-state index is 12.0. The Hall–Kier alpha value is -1.21. The van der Waals surface area contributed by atoms with Gasteiger partial charge < -0.3 is 4.74 Å². The lowest BCUT2D eigenvalue weighted by molar-refractivity contribution is -0.376. The van der Waals surface area contributed by atoms with Crippen molar-refractivity contribution in [1.82, 2.24) is 0 Å². The van der Waals surface area contributed by atoms with Crippen molar-refractivity contribution in [1.29, 1.82) is 0 Å². The van der Waals surface area contributed by atoms with Gasteiger partial charge in [0.1, 0.15) is 12.2 Å². The molecule has 0 bridgehead atoms. The van der Waals surface area contributed by atoms with Crippen LogP contribution in [0.3, 0.4) is 0 Å². The fourth-order valence-corrected chi connectivity index (χ4v) is 0.440. The summed E-state index contributed by atoms with van der Waals surface area (Å²) in [6.07, 6.45) is -12.6. The summed E-state index contributed by atoms with van der Waals surface area (Å²) in [4.78, 5) is 20.5. The molecule has 0 heterocycles. The van der Waals surface area contributed by atoms with E-state index >= 15 is 0 Å². The van der Waals surface area contributed by atoms with Crippen LogP contribution in [-0.2, 0) is 14.3 Å². The van der Waals surface area contributed by atoms with E-state index in [-0.39, 0.29) is 0 Å². The number of halogens is 5. The smallest absolute Gasteiger partial charge is 0.394 e. The van der Waals surface area contributed by atoms with Crippen LogP contribution in [0.2, 0.25) is 0 Å². The fraction of sp³-hybridized carbons (Fsp3) is 0.667. The lowest BCUT2D eigenvalue weighted by Gasteiger charge is -2.18. The Labute approximate surface area is 74.8 Å². The van der Waals surface area contributed by atoms with Crippen LogP contribution in [0.1, 0.15) is 13.3 Å². The molecule has 8 heteroatoms. The van der Waals surface area contributed by atoms with Gasteiger partial charge in [-0.05, 0) is 6.92 Å². The molecule has 0 aliphatic rings. The largest absolute Gasteiger partial charge is 0.501 e. The Kier molecular flexibility index (Phi) is 3.55. The van der Waals surface area contributed by atoms with Crippen LogP contribution in [0.5, 0.6) is 0 Å². The molecule has 0 N–H and O–H groups in total. The number of hydrogen-bond acceptors (Lipinski definition) is 3. The van der Waals surface area contributed by atoms with E-state index in [2.05, 4.69) is 4.74 Å². The van der Waals surface area contributed by atoms with E-state index in [0.717, 1.165) is 6.92 Å². The van der Waals surface area contributed by atoms with Gasteiger partial charge in [0.2, 0.25) is 0 Å². The third kappa shape index (κ3) is 3.67. The minimum Gasteiger partial charge on any atom is -0.394 e. The van der Waals surface area contributed by atoms with Crippen molar-refractivity contribution >= 4 is 11.8 Å². The summed E-state index contributed by atoms with van der Waals surface area (Å²) in [5.74, 6) is -2.78. The van der Waals surface area contributed by atoms with Gasteiger partial charge in [-0.1, -0.05) is 0 Å². The summed E-state index contributed by atoms with van der Waals surface area (Å²) in [6.45, 7) is 0.854. The molecule has 0 aromatic heterocycles. The van der Waals surface area contributed by atoms with Crippen LogP contribution in [-0.4, -0.2) is 24.0 Å². The molecule has 0 aromatic rings. The number of rotatable bonds is 3. The van der Waals surface area contributed by atoms with Gasteiger partial charge in [-0.25, -0.2) is 0 Å². The molecule has 0 radical (unpaired) electrons. The lowest BCUT2D eigenvalue weighted by atomic mass is 10.3. The number of alkyl halides is 5. The van der Waals surface area contributed by atoms with Gasteiger partial charge in [-0.3, -0.25) is 9.59 Å². The summed E-state index contributed by atoms with van der Waals surface area (Å²) < 4.78 is 61.0. The fourth-order valence-electron chi connectivity index (χ4n) is 0.440. The second-order valence-corrected chi connectivity index (χ2v) is 2.37. The molecule has 0 fully saturated rings. The standard InChI is InChI=1S/C6H5F5O3/c1-3(12)2-4(13)14-6(10,11)5(7,8)9/h2H2,1H3. The highest BCUT2D eigenvalue weighted by Crippen LogP contribution is 2.36. The van der Waals surface area contributed by atoms with Crippen LogP contribution in [0.25, 0.3) is 0 Å². The summed E-state index contributed by atoms with van der Waals surface area (Å²) in [5, 5.41) is 0. The molecule has 0 saturated heterocycles. The minimum absolute atomic E-state index is 0.854. The van der Waals surface area contributed by atoms with Gasteiger partial charge in [-0.2, -0.15) is 22.0 Å². The zero-order chi connectivity index (χ0) is 11.6. The van der Waals surface area contributed by atoms with E-state index < -0.39 is 30.5 Å². The zero-order valence-electron chi connectivity index (χ0n) is 6.82. The van der Waals surface area contributed by atoms with E-state index in [4.69, 9.17) is 0 Å². The van der Waals surface area contributed by atoms with Gasteiger partial charge >= 0.3 is 18.3 Å². The number of ketones is 1. The average Bonchev–Trinajstić information content (AvgIpc) is 1.79. The van der Waals surface area contributed by atoms with Crippen LogP contribution in [0.15, 0.2) is 0 Å². The maximum atomic E-state index is 12.0. The van der Waals surface area contributed by atoms with Crippen molar-refractivity contribution in [2.45, 2.75) is 25.6 Å². The quantitative estimate of drug-likeness (QED) is 0.412. The number of carbonyl (C=O) groups excluding carboxylic acids is 2. The topological polar surface area (TPSA) is 43.4 Å². The Bertz CT molecular complexity index is 244. The average molecular weight is 220 g/mol. The first-order valence-electron chi connectivity index (χ1n) is 3.22. The molecular weight excluding hydrogens is 215 g/mol. The van der Waals surface area contributed by atoms with Crippen molar-refractivity contribution in [3.8, 4) is 0 Å². The van der Waals surface area contributed by atoms with E-state index in [1.54, 1.807) is 0 Å². The highest BCUT2D eigenvalue weighted by molar-refractivity contribution is 5.94. The van der Waals surface area contributed by atoms with Crippen LogP contribution >= 0.6 is 0 Å². The first-order chi connectivity index (χ1) is 6.06. The van der Waals surface area contributed by atoms with E-state index in [1.165, 1.54) is 0 Å². The Morgan fingerprint density at radius 2 is 1.57 bits per heavy atom. The van der Waals surface area contributed by atoms with Crippen LogP contribution in [0.4, 0.5) is 22.0 Å². The number of Topliss-reactive ketones (excluding diaryl/α,β-unsaturated/α-hetero) is 1. The Balaban J connectivity index is 4.37. The monoisotopic (exact) mass is 220 g/mol. The molecule has 0 spiro atoms.